The zero-order valence-corrected chi connectivity index (χ0v) is 24.4. The van der Waals surface area contributed by atoms with E-state index in [-0.39, 0.29) is 34.2 Å². The van der Waals surface area contributed by atoms with Gasteiger partial charge < -0.3 is 26.3 Å². The molecule has 43 heavy (non-hydrogen) atoms. The van der Waals surface area contributed by atoms with Crippen molar-refractivity contribution in [1.82, 2.24) is 20.5 Å². The van der Waals surface area contributed by atoms with Crippen molar-refractivity contribution in [2.45, 2.75) is 63.1 Å². The summed E-state index contributed by atoms with van der Waals surface area (Å²) in [5, 5.41) is 21.9. The van der Waals surface area contributed by atoms with Crippen molar-refractivity contribution in [3.63, 3.8) is 0 Å². The van der Waals surface area contributed by atoms with Crippen LogP contribution in [-0.4, -0.2) is 69.1 Å². The highest BCUT2D eigenvalue weighted by Crippen LogP contribution is 2.43. The number of β-lactam (4-membered cyclic amide) rings is 1. The standard InChI is InChI=1S/C29H31N7O6S/c1-35-12-9-15(10-13-35)21(18-8-11-31-25(18)37)17-6-7-20-23(27(39)36(20)24(17)28(40)41)33-26(38)22(19-14-43-29(30)32-19)34-42-16-4-2-3-5-16/h9-10,12-14,16,20,23H,2-8,11H2,1H3,(H4-,30,31,32,33,37,38,40,41)/p+1/t20-,23+/m1/s1. The molecule has 0 spiro atoms. The smallest absolute Gasteiger partial charge is 0.352 e. The lowest BCUT2D eigenvalue weighted by Crippen LogP contribution is -2.72. The second-order valence-electron chi connectivity index (χ2n) is 11.0. The fourth-order valence-corrected chi connectivity index (χ4v) is 6.74. The molecule has 2 aromatic heterocycles. The fraction of sp³-hybridized carbons (Fsp3) is 0.414. The first-order valence-electron chi connectivity index (χ1n) is 14.3. The minimum absolute atomic E-state index is 0.0897. The molecular weight excluding hydrogens is 574 g/mol. The molecule has 2 atom stereocenters. The highest BCUT2D eigenvalue weighted by molar-refractivity contribution is 7.13. The van der Waals surface area contributed by atoms with Crippen LogP contribution in [0.4, 0.5) is 5.13 Å². The molecule has 2 aromatic rings. The Hall–Kier alpha value is -4.59. The summed E-state index contributed by atoms with van der Waals surface area (Å²) < 4.78 is 1.84. The Morgan fingerprint density at radius 1 is 1.21 bits per heavy atom. The Bertz CT molecular complexity index is 1590. The summed E-state index contributed by atoms with van der Waals surface area (Å²) in [5.74, 6) is -2.74. The number of aryl methyl sites for hydroxylation is 1. The van der Waals surface area contributed by atoms with Gasteiger partial charge in [-0.05, 0) is 61.7 Å². The molecule has 1 saturated carbocycles. The molecule has 4 aliphatic rings. The molecule has 3 aliphatic heterocycles. The molecule has 224 valence electrons. The third kappa shape index (κ3) is 5.38. The van der Waals surface area contributed by atoms with E-state index in [9.17, 15) is 24.3 Å². The van der Waals surface area contributed by atoms with Crippen LogP contribution in [-0.2, 0) is 31.1 Å². The number of fused-ring (bicyclic) bond motifs is 1. The zero-order valence-electron chi connectivity index (χ0n) is 23.5. The summed E-state index contributed by atoms with van der Waals surface area (Å²) >= 11 is 1.15. The molecule has 0 radical (unpaired) electrons. The van der Waals surface area contributed by atoms with Crippen LogP contribution in [0.1, 0.15) is 56.2 Å². The van der Waals surface area contributed by atoms with Crippen molar-refractivity contribution in [3.8, 4) is 0 Å². The molecule has 0 aromatic carbocycles. The average molecular weight is 607 g/mol. The van der Waals surface area contributed by atoms with Crippen LogP contribution in [0.2, 0.25) is 0 Å². The number of carboxylic acid groups (broad SMARTS) is 1. The van der Waals surface area contributed by atoms with Gasteiger partial charge in [-0.25, -0.2) is 14.3 Å². The molecule has 3 amide bonds. The minimum atomic E-state index is -1.28. The predicted octanol–water partition coefficient (Wildman–Crippen LogP) is 1.01. The van der Waals surface area contributed by atoms with Crippen molar-refractivity contribution in [2.24, 2.45) is 12.2 Å². The first-order valence-corrected chi connectivity index (χ1v) is 15.1. The van der Waals surface area contributed by atoms with Gasteiger partial charge in [0, 0.05) is 29.6 Å². The number of rotatable bonds is 8. The van der Waals surface area contributed by atoms with E-state index in [0.717, 1.165) is 37.0 Å². The number of hydrogen-bond acceptors (Lipinski definition) is 9. The lowest BCUT2D eigenvalue weighted by molar-refractivity contribution is -0.671. The van der Waals surface area contributed by atoms with Gasteiger partial charge in [-0.2, -0.15) is 0 Å². The number of anilines is 1. The van der Waals surface area contributed by atoms with Gasteiger partial charge in [0.15, 0.2) is 23.2 Å². The highest BCUT2D eigenvalue weighted by atomic mass is 32.1. The Morgan fingerprint density at radius 3 is 2.58 bits per heavy atom. The maximum absolute atomic E-state index is 13.5. The number of carboxylic acids is 1. The van der Waals surface area contributed by atoms with Crippen LogP contribution in [0.3, 0.4) is 0 Å². The SMILES string of the molecule is C[n+]1ccc(C(=C2CCNC2=O)C2=C(C(=O)O)N3C(=O)[C@@H](NC(=O)C(=NOC4CCCC4)c4csc(N)n4)[C@H]3CC2)cc1. The summed E-state index contributed by atoms with van der Waals surface area (Å²) in [4.78, 5) is 63.5. The number of amides is 3. The highest BCUT2D eigenvalue weighted by Gasteiger charge is 2.54. The second kappa shape index (κ2) is 11.6. The third-order valence-electron chi connectivity index (χ3n) is 8.31. The van der Waals surface area contributed by atoms with Crippen LogP contribution >= 0.6 is 11.3 Å². The lowest BCUT2D eigenvalue weighted by atomic mass is 9.79. The van der Waals surface area contributed by atoms with E-state index in [0.29, 0.717) is 48.1 Å². The van der Waals surface area contributed by atoms with Crippen LogP contribution in [0.15, 0.2) is 51.9 Å². The normalized spacial score (nSPS) is 23.6. The monoisotopic (exact) mass is 606 g/mol. The van der Waals surface area contributed by atoms with Crippen molar-refractivity contribution in [1.29, 1.82) is 0 Å². The van der Waals surface area contributed by atoms with Crippen LogP contribution in [0, 0.1) is 0 Å². The molecule has 2 saturated heterocycles. The van der Waals surface area contributed by atoms with E-state index < -0.39 is 29.9 Å². The number of nitrogens with one attached hydrogen (secondary N) is 2. The van der Waals surface area contributed by atoms with Gasteiger partial charge in [-0.15, -0.1) is 11.3 Å². The predicted molar refractivity (Wildman–Crippen MR) is 155 cm³/mol. The molecule has 14 heteroatoms. The summed E-state index contributed by atoms with van der Waals surface area (Å²) in [5.41, 5.74) is 7.91. The van der Waals surface area contributed by atoms with Crippen molar-refractivity contribution >= 4 is 51.4 Å². The van der Waals surface area contributed by atoms with Gasteiger partial charge in [0.2, 0.25) is 5.91 Å². The maximum atomic E-state index is 13.5. The van der Waals surface area contributed by atoms with Crippen molar-refractivity contribution in [3.05, 3.63) is 58.0 Å². The van der Waals surface area contributed by atoms with Crippen LogP contribution in [0.25, 0.3) is 5.57 Å². The average Bonchev–Trinajstić information content (AvgIpc) is 3.76. The summed E-state index contributed by atoms with van der Waals surface area (Å²) in [6, 6.07) is 2.11. The van der Waals surface area contributed by atoms with Gasteiger partial charge in [-0.1, -0.05) is 5.16 Å². The quantitative estimate of drug-likeness (QED) is 0.113. The molecule has 5 N–H and O–H groups in total. The van der Waals surface area contributed by atoms with Crippen LogP contribution in [0.5, 0.6) is 0 Å². The number of aliphatic carboxylic acids is 1. The first-order chi connectivity index (χ1) is 20.7. The number of hydrogen-bond donors (Lipinski definition) is 4. The van der Waals surface area contributed by atoms with Crippen molar-refractivity contribution in [2.75, 3.05) is 12.3 Å². The Labute approximate surface area is 251 Å². The fourth-order valence-electron chi connectivity index (χ4n) is 6.20. The number of aromatic nitrogens is 2. The van der Waals surface area contributed by atoms with E-state index in [2.05, 4.69) is 20.8 Å². The number of nitrogens with zero attached hydrogens (tertiary/aromatic N) is 4. The van der Waals surface area contributed by atoms with Gasteiger partial charge in [0.05, 0.1) is 6.04 Å². The summed E-state index contributed by atoms with van der Waals surface area (Å²) in [6.45, 7) is 0.451. The summed E-state index contributed by atoms with van der Waals surface area (Å²) in [6.07, 6.45) is 8.38. The lowest BCUT2D eigenvalue weighted by Gasteiger charge is -2.50. The largest absolute Gasteiger partial charge is 0.477 e. The van der Waals surface area contributed by atoms with Gasteiger partial charge in [-0.3, -0.25) is 19.3 Å². The number of carbonyl (C=O) groups excluding carboxylic acids is 3. The number of pyridine rings is 1. The number of nitrogens with two attached hydrogens (primary N) is 1. The van der Waals surface area contributed by atoms with Gasteiger partial charge in [0.1, 0.15) is 30.6 Å². The first kappa shape index (κ1) is 28.5. The Kier molecular flexibility index (Phi) is 7.69. The summed E-state index contributed by atoms with van der Waals surface area (Å²) in [7, 11) is 1.86. The molecular formula is C29H32N7O6S+. The van der Waals surface area contributed by atoms with E-state index in [1.807, 2.05) is 36.1 Å². The van der Waals surface area contributed by atoms with Gasteiger partial charge >= 0.3 is 5.97 Å². The number of carbonyl (C=O) groups is 4. The Balaban J connectivity index is 1.30. The zero-order chi connectivity index (χ0) is 30.2. The molecule has 6 rings (SSSR count). The van der Waals surface area contributed by atoms with Crippen molar-refractivity contribution < 1.29 is 33.7 Å². The maximum Gasteiger partial charge on any atom is 0.352 e. The number of oxime groups is 1. The van der Waals surface area contributed by atoms with Crippen LogP contribution < -0.4 is 20.9 Å². The molecule has 0 unspecified atom stereocenters. The van der Waals surface area contributed by atoms with E-state index >= 15 is 0 Å². The van der Waals surface area contributed by atoms with Gasteiger partial charge in [0.25, 0.3) is 11.8 Å². The minimum Gasteiger partial charge on any atom is -0.477 e. The van der Waals surface area contributed by atoms with E-state index in [4.69, 9.17) is 10.6 Å². The topological polar surface area (TPSA) is 180 Å². The van der Waals surface area contributed by atoms with E-state index in [1.165, 1.54) is 4.90 Å². The number of thiazole rings is 1. The molecule has 1 aliphatic carbocycles. The number of nitrogen functional groups attached to an aromatic ring is 1. The third-order valence-corrected chi connectivity index (χ3v) is 8.98. The molecule has 0 bridgehead atoms. The molecule has 5 heterocycles. The second-order valence-corrected chi connectivity index (χ2v) is 11.9. The Morgan fingerprint density at radius 2 is 1.95 bits per heavy atom. The molecule has 13 nitrogen and oxygen atoms in total. The molecule has 3 fully saturated rings. The van der Waals surface area contributed by atoms with E-state index in [1.54, 1.807) is 5.38 Å². The number of allylic oxidation sites excluding steroid dienone is 2.